The van der Waals surface area contributed by atoms with Crippen LogP contribution in [0.4, 0.5) is 10.5 Å². The molecule has 1 saturated heterocycles. The highest BCUT2D eigenvalue weighted by Gasteiger charge is 2.35. The van der Waals surface area contributed by atoms with Gasteiger partial charge in [-0.15, -0.1) is 0 Å². The van der Waals surface area contributed by atoms with E-state index in [1.807, 2.05) is 19.9 Å². The van der Waals surface area contributed by atoms with Gasteiger partial charge in [-0.2, -0.15) is 0 Å². The number of hydrogen-bond acceptors (Lipinski definition) is 5. The molecule has 1 aliphatic heterocycles. The first kappa shape index (κ1) is 22.1. The van der Waals surface area contributed by atoms with E-state index >= 15 is 0 Å². The van der Waals surface area contributed by atoms with E-state index in [1.54, 1.807) is 37.5 Å². The Balaban J connectivity index is 1.73. The van der Waals surface area contributed by atoms with Crippen molar-refractivity contribution < 1.29 is 23.9 Å². The SMILES string of the molecule is COCCn1c(C)cc(/C=C2/NC(=O)N(CC(=O)Nc3ccccc3OC)C2=O)c1C. The van der Waals surface area contributed by atoms with Crippen molar-refractivity contribution >= 4 is 29.6 Å². The second kappa shape index (κ2) is 9.48. The summed E-state index contributed by atoms with van der Waals surface area (Å²) < 4.78 is 12.4. The first-order valence-electron chi connectivity index (χ1n) is 9.78. The number of hydrogen-bond donors (Lipinski definition) is 2. The third-order valence-electron chi connectivity index (χ3n) is 5.08. The summed E-state index contributed by atoms with van der Waals surface area (Å²) in [7, 11) is 3.13. The molecule has 0 aliphatic carbocycles. The maximum Gasteiger partial charge on any atom is 0.329 e. The summed E-state index contributed by atoms with van der Waals surface area (Å²) >= 11 is 0. The van der Waals surface area contributed by atoms with Gasteiger partial charge in [0.05, 0.1) is 19.4 Å². The number of benzene rings is 1. The number of amides is 4. The summed E-state index contributed by atoms with van der Waals surface area (Å²) in [6.07, 6.45) is 1.63. The second-order valence-corrected chi connectivity index (χ2v) is 7.10. The van der Waals surface area contributed by atoms with E-state index < -0.39 is 24.4 Å². The third kappa shape index (κ3) is 4.77. The van der Waals surface area contributed by atoms with Crippen LogP contribution in [0.15, 0.2) is 36.0 Å². The number of nitrogens with one attached hydrogen (secondary N) is 2. The van der Waals surface area contributed by atoms with E-state index in [2.05, 4.69) is 15.2 Å². The van der Waals surface area contributed by atoms with Gasteiger partial charge < -0.3 is 24.7 Å². The van der Waals surface area contributed by atoms with Crippen molar-refractivity contribution in [1.82, 2.24) is 14.8 Å². The van der Waals surface area contributed by atoms with Crippen LogP contribution in [0, 0.1) is 13.8 Å². The quantitative estimate of drug-likeness (QED) is 0.498. The summed E-state index contributed by atoms with van der Waals surface area (Å²) in [5.41, 5.74) is 3.38. The number of nitrogens with zero attached hydrogens (tertiary/aromatic N) is 2. The molecule has 0 unspecified atom stereocenters. The fraction of sp³-hybridized carbons (Fsp3) is 0.318. The van der Waals surface area contributed by atoms with Crippen LogP contribution in [0.25, 0.3) is 6.08 Å². The lowest BCUT2D eigenvalue weighted by molar-refractivity contribution is -0.127. The second-order valence-electron chi connectivity index (χ2n) is 7.10. The summed E-state index contributed by atoms with van der Waals surface area (Å²) in [4.78, 5) is 38.4. The highest BCUT2D eigenvalue weighted by atomic mass is 16.5. The van der Waals surface area contributed by atoms with Crippen molar-refractivity contribution in [2.45, 2.75) is 20.4 Å². The maximum absolute atomic E-state index is 12.7. The first-order valence-corrected chi connectivity index (χ1v) is 9.78. The summed E-state index contributed by atoms with van der Waals surface area (Å²) in [5, 5.41) is 5.21. The molecule has 4 amide bonds. The molecule has 3 rings (SSSR count). The number of imide groups is 1. The monoisotopic (exact) mass is 426 g/mol. The Bertz CT molecular complexity index is 1040. The number of para-hydroxylation sites is 2. The van der Waals surface area contributed by atoms with Gasteiger partial charge in [-0.3, -0.25) is 9.59 Å². The molecule has 9 nitrogen and oxygen atoms in total. The zero-order chi connectivity index (χ0) is 22.5. The number of methoxy groups -OCH3 is 2. The minimum atomic E-state index is -0.639. The predicted molar refractivity (Wildman–Crippen MR) is 116 cm³/mol. The minimum Gasteiger partial charge on any atom is -0.495 e. The van der Waals surface area contributed by atoms with Crippen LogP contribution in [0.5, 0.6) is 5.75 Å². The van der Waals surface area contributed by atoms with Gasteiger partial charge >= 0.3 is 6.03 Å². The first-order chi connectivity index (χ1) is 14.8. The standard InChI is InChI=1S/C22H26N4O5/c1-14-11-16(15(2)25(14)9-10-30-3)12-18-21(28)26(22(29)24-18)13-20(27)23-17-7-5-6-8-19(17)31-4/h5-8,11-12H,9-10,13H2,1-4H3,(H,23,27)(H,24,29)/b18-12+. The van der Waals surface area contributed by atoms with E-state index in [9.17, 15) is 14.4 Å². The smallest absolute Gasteiger partial charge is 0.329 e. The molecule has 1 aromatic heterocycles. The van der Waals surface area contributed by atoms with Gasteiger partial charge in [0.15, 0.2) is 0 Å². The van der Waals surface area contributed by atoms with Gasteiger partial charge in [0.1, 0.15) is 18.0 Å². The Morgan fingerprint density at radius 1 is 1.19 bits per heavy atom. The average Bonchev–Trinajstić information content (AvgIpc) is 3.16. The molecular weight excluding hydrogens is 400 g/mol. The molecule has 2 aromatic rings. The Morgan fingerprint density at radius 3 is 2.65 bits per heavy atom. The Labute approximate surface area is 180 Å². The maximum atomic E-state index is 12.7. The lowest BCUT2D eigenvalue weighted by Crippen LogP contribution is -2.38. The van der Waals surface area contributed by atoms with Crippen LogP contribution in [0.1, 0.15) is 17.0 Å². The Kier molecular flexibility index (Phi) is 6.76. The largest absolute Gasteiger partial charge is 0.495 e. The summed E-state index contributed by atoms with van der Waals surface area (Å²) in [6, 6.07) is 8.19. The number of carbonyl (C=O) groups excluding carboxylic acids is 3. The molecule has 0 spiro atoms. The number of aromatic nitrogens is 1. The average molecular weight is 426 g/mol. The van der Waals surface area contributed by atoms with Crippen molar-refractivity contribution in [1.29, 1.82) is 0 Å². The fourth-order valence-electron chi connectivity index (χ4n) is 3.45. The van der Waals surface area contributed by atoms with Gasteiger partial charge in [0.25, 0.3) is 5.91 Å². The summed E-state index contributed by atoms with van der Waals surface area (Å²) in [6.45, 7) is 4.75. The molecule has 2 N–H and O–H groups in total. The number of ether oxygens (including phenoxy) is 2. The Hall–Kier alpha value is -3.59. The number of urea groups is 1. The highest BCUT2D eigenvalue weighted by Crippen LogP contribution is 2.24. The molecular formula is C22H26N4O5. The molecule has 1 fully saturated rings. The van der Waals surface area contributed by atoms with E-state index in [0.717, 1.165) is 21.9 Å². The van der Waals surface area contributed by atoms with E-state index in [0.29, 0.717) is 24.6 Å². The van der Waals surface area contributed by atoms with Crippen LogP contribution in [-0.4, -0.2) is 54.7 Å². The topological polar surface area (TPSA) is 102 Å². The molecule has 31 heavy (non-hydrogen) atoms. The lowest BCUT2D eigenvalue weighted by atomic mass is 10.2. The zero-order valence-electron chi connectivity index (χ0n) is 18.0. The number of rotatable bonds is 8. The molecule has 1 aliphatic rings. The van der Waals surface area contributed by atoms with Crippen LogP contribution in [0.3, 0.4) is 0 Å². The van der Waals surface area contributed by atoms with Crippen molar-refractivity contribution in [3.05, 3.63) is 53.0 Å². The molecule has 2 heterocycles. The van der Waals surface area contributed by atoms with Gasteiger partial charge in [-0.05, 0) is 43.7 Å². The number of carbonyl (C=O) groups is 3. The molecule has 1 aromatic carbocycles. The van der Waals surface area contributed by atoms with E-state index in [-0.39, 0.29) is 5.70 Å². The van der Waals surface area contributed by atoms with Crippen molar-refractivity contribution in [2.75, 3.05) is 32.7 Å². The van der Waals surface area contributed by atoms with Gasteiger partial charge in [0.2, 0.25) is 5.91 Å². The molecule has 0 atom stereocenters. The van der Waals surface area contributed by atoms with E-state index in [4.69, 9.17) is 9.47 Å². The van der Waals surface area contributed by atoms with Gasteiger partial charge in [-0.1, -0.05) is 12.1 Å². The van der Waals surface area contributed by atoms with Crippen molar-refractivity contribution in [2.24, 2.45) is 0 Å². The van der Waals surface area contributed by atoms with Crippen LogP contribution < -0.4 is 15.4 Å². The molecule has 0 bridgehead atoms. The van der Waals surface area contributed by atoms with Gasteiger partial charge in [0, 0.05) is 25.0 Å². The van der Waals surface area contributed by atoms with E-state index in [1.165, 1.54) is 7.11 Å². The third-order valence-corrected chi connectivity index (χ3v) is 5.08. The van der Waals surface area contributed by atoms with Gasteiger partial charge in [-0.25, -0.2) is 9.69 Å². The zero-order valence-corrected chi connectivity index (χ0v) is 18.0. The number of anilines is 1. The fourth-order valence-corrected chi connectivity index (χ4v) is 3.45. The molecule has 9 heteroatoms. The Morgan fingerprint density at radius 2 is 1.94 bits per heavy atom. The number of aryl methyl sites for hydroxylation is 1. The normalized spacial score (nSPS) is 14.8. The molecule has 0 radical (unpaired) electrons. The molecule has 0 saturated carbocycles. The van der Waals surface area contributed by atoms with Crippen LogP contribution in [-0.2, 0) is 20.9 Å². The minimum absolute atomic E-state index is 0.127. The molecule has 164 valence electrons. The van der Waals surface area contributed by atoms with Crippen molar-refractivity contribution in [3.63, 3.8) is 0 Å². The van der Waals surface area contributed by atoms with Crippen molar-refractivity contribution in [3.8, 4) is 5.75 Å². The van der Waals surface area contributed by atoms with Crippen LogP contribution >= 0.6 is 0 Å². The van der Waals surface area contributed by atoms with Crippen LogP contribution in [0.2, 0.25) is 0 Å². The highest BCUT2D eigenvalue weighted by molar-refractivity contribution is 6.16. The summed E-state index contributed by atoms with van der Waals surface area (Å²) in [5.74, 6) is -0.577. The predicted octanol–water partition coefficient (Wildman–Crippen LogP) is 2.29. The lowest BCUT2D eigenvalue weighted by Gasteiger charge is -2.13.